The minimum absolute atomic E-state index is 0.0251. The Kier molecular flexibility index (Phi) is 4.69. The Bertz CT molecular complexity index is 272. The van der Waals surface area contributed by atoms with Crippen molar-refractivity contribution < 1.29 is 9.53 Å². The molecule has 0 radical (unpaired) electrons. The average molecular weight is 260 g/mol. The predicted molar refractivity (Wildman–Crippen MR) is 68.2 cm³/mol. The highest BCUT2D eigenvalue weighted by molar-refractivity contribution is 6.21. The number of nitrogens with one attached hydrogen (secondary N) is 1. The molecule has 1 aliphatic carbocycles. The molecule has 2 fully saturated rings. The summed E-state index contributed by atoms with van der Waals surface area (Å²) in [7, 11) is 0. The Labute approximate surface area is 108 Å². The zero-order chi connectivity index (χ0) is 12.3. The SMILES string of the molecule is CC1CC(C(=O)NC2CCCCCC2Cl)CO1. The molecule has 0 bridgehead atoms. The maximum absolute atomic E-state index is 12.1. The van der Waals surface area contributed by atoms with Crippen LogP contribution in [0.1, 0.15) is 45.4 Å². The average Bonchev–Trinajstić information content (AvgIpc) is 2.63. The van der Waals surface area contributed by atoms with Crippen LogP contribution in [0.3, 0.4) is 0 Å². The van der Waals surface area contributed by atoms with Gasteiger partial charge in [0.15, 0.2) is 0 Å². The van der Waals surface area contributed by atoms with Gasteiger partial charge in [0.25, 0.3) is 0 Å². The summed E-state index contributed by atoms with van der Waals surface area (Å²) in [5, 5.41) is 3.22. The third-order valence-corrected chi connectivity index (χ3v) is 4.35. The summed E-state index contributed by atoms with van der Waals surface area (Å²) in [4.78, 5) is 12.1. The Morgan fingerprint density at radius 3 is 2.76 bits per heavy atom. The van der Waals surface area contributed by atoms with Gasteiger partial charge in [-0.2, -0.15) is 0 Å². The van der Waals surface area contributed by atoms with E-state index in [2.05, 4.69) is 5.32 Å². The van der Waals surface area contributed by atoms with Gasteiger partial charge in [0, 0.05) is 6.04 Å². The van der Waals surface area contributed by atoms with Crippen LogP contribution in [0.2, 0.25) is 0 Å². The monoisotopic (exact) mass is 259 g/mol. The van der Waals surface area contributed by atoms with Crippen molar-refractivity contribution in [2.45, 2.75) is 63.0 Å². The molecule has 1 amide bonds. The van der Waals surface area contributed by atoms with Crippen molar-refractivity contribution in [3.63, 3.8) is 0 Å². The van der Waals surface area contributed by atoms with Gasteiger partial charge in [0.1, 0.15) is 0 Å². The van der Waals surface area contributed by atoms with E-state index < -0.39 is 0 Å². The topological polar surface area (TPSA) is 38.3 Å². The molecule has 2 aliphatic rings. The first-order chi connectivity index (χ1) is 8.16. The second-order valence-electron chi connectivity index (χ2n) is 5.35. The molecule has 4 unspecified atom stereocenters. The van der Waals surface area contributed by atoms with Gasteiger partial charge < -0.3 is 10.1 Å². The lowest BCUT2D eigenvalue weighted by atomic mass is 10.0. The molecule has 0 aromatic heterocycles. The summed E-state index contributed by atoms with van der Waals surface area (Å²) in [6.07, 6.45) is 6.68. The van der Waals surface area contributed by atoms with Crippen molar-refractivity contribution in [3.8, 4) is 0 Å². The second kappa shape index (κ2) is 6.05. The summed E-state index contributed by atoms with van der Waals surface area (Å²) in [6, 6.07) is 0.155. The highest BCUT2D eigenvalue weighted by Crippen LogP contribution is 2.24. The molecule has 1 N–H and O–H groups in total. The van der Waals surface area contributed by atoms with Crippen LogP contribution in [-0.2, 0) is 9.53 Å². The third kappa shape index (κ3) is 3.59. The number of rotatable bonds is 2. The van der Waals surface area contributed by atoms with Crippen LogP contribution in [0.15, 0.2) is 0 Å². The molecule has 1 heterocycles. The lowest BCUT2D eigenvalue weighted by Gasteiger charge is -2.22. The number of ether oxygens (including phenoxy) is 1. The molecule has 3 nitrogen and oxygen atoms in total. The van der Waals surface area contributed by atoms with Gasteiger partial charge in [0.2, 0.25) is 5.91 Å². The quantitative estimate of drug-likeness (QED) is 0.611. The molecule has 4 atom stereocenters. The minimum atomic E-state index is 0.0251. The largest absolute Gasteiger partial charge is 0.378 e. The number of amides is 1. The molecule has 17 heavy (non-hydrogen) atoms. The third-order valence-electron chi connectivity index (χ3n) is 3.83. The molecule has 4 heteroatoms. The molecule has 1 saturated heterocycles. The van der Waals surface area contributed by atoms with E-state index in [9.17, 15) is 4.79 Å². The highest BCUT2D eigenvalue weighted by atomic mass is 35.5. The highest BCUT2D eigenvalue weighted by Gasteiger charge is 2.31. The fourth-order valence-electron chi connectivity index (χ4n) is 2.73. The van der Waals surface area contributed by atoms with Crippen LogP contribution in [0.25, 0.3) is 0 Å². The molecule has 1 saturated carbocycles. The zero-order valence-corrected chi connectivity index (χ0v) is 11.2. The molecule has 1 aliphatic heterocycles. The van der Waals surface area contributed by atoms with E-state index >= 15 is 0 Å². The summed E-state index contributed by atoms with van der Waals surface area (Å²) in [5.41, 5.74) is 0. The molecular weight excluding hydrogens is 238 g/mol. The van der Waals surface area contributed by atoms with Gasteiger partial charge in [-0.1, -0.05) is 19.3 Å². The lowest BCUT2D eigenvalue weighted by Crippen LogP contribution is -2.43. The van der Waals surface area contributed by atoms with E-state index in [1.807, 2.05) is 6.92 Å². The zero-order valence-electron chi connectivity index (χ0n) is 10.5. The normalized spacial score (nSPS) is 38.7. The Morgan fingerprint density at radius 2 is 2.06 bits per heavy atom. The van der Waals surface area contributed by atoms with Crippen LogP contribution in [0.4, 0.5) is 0 Å². The van der Waals surface area contributed by atoms with Crippen LogP contribution in [-0.4, -0.2) is 30.0 Å². The molecular formula is C13H22ClNO2. The number of halogens is 1. The number of carbonyl (C=O) groups is 1. The lowest BCUT2D eigenvalue weighted by molar-refractivity contribution is -0.125. The maximum Gasteiger partial charge on any atom is 0.225 e. The van der Waals surface area contributed by atoms with Crippen LogP contribution in [0.5, 0.6) is 0 Å². The first-order valence-electron chi connectivity index (χ1n) is 6.73. The molecule has 0 aromatic rings. The van der Waals surface area contributed by atoms with Gasteiger partial charge in [-0.15, -0.1) is 11.6 Å². The van der Waals surface area contributed by atoms with E-state index in [4.69, 9.17) is 16.3 Å². The van der Waals surface area contributed by atoms with Crippen LogP contribution < -0.4 is 5.32 Å². The van der Waals surface area contributed by atoms with E-state index in [-0.39, 0.29) is 29.3 Å². The summed E-state index contributed by atoms with van der Waals surface area (Å²) in [5.74, 6) is 0.156. The molecule has 0 aromatic carbocycles. The first-order valence-corrected chi connectivity index (χ1v) is 7.16. The van der Waals surface area contributed by atoms with Gasteiger partial charge >= 0.3 is 0 Å². The standard InChI is InChI=1S/C13H22ClNO2/c1-9-7-10(8-17-9)13(16)15-12-6-4-2-3-5-11(12)14/h9-12H,2-8H2,1H3,(H,15,16). The van der Waals surface area contributed by atoms with Crippen molar-refractivity contribution in [2.75, 3.05) is 6.61 Å². The summed E-state index contributed by atoms with van der Waals surface area (Å²) in [6.45, 7) is 2.58. The van der Waals surface area contributed by atoms with Crippen molar-refractivity contribution in [3.05, 3.63) is 0 Å². The van der Waals surface area contributed by atoms with Crippen molar-refractivity contribution in [2.24, 2.45) is 5.92 Å². The van der Waals surface area contributed by atoms with Crippen molar-refractivity contribution in [1.82, 2.24) is 5.32 Å². The van der Waals surface area contributed by atoms with Crippen molar-refractivity contribution >= 4 is 17.5 Å². The summed E-state index contributed by atoms with van der Waals surface area (Å²) >= 11 is 6.32. The molecule has 2 rings (SSSR count). The minimum Gasteiger partial charge on any atom is -0.378 e. The van der Waals surface area contributed by atoms with Gasteiger partial charge in [-0.3, -0.25) is 4.79 Å². The fourth-order valence-corrected chi connectivity index (χ4v) is 3.07. The Hall–Kier alpha value is -0.280. The molecule has 98 valence electrons. The van der Waals surface area contributed by atoms with Gasteiger partial charge in [-0.25, -0.2) is 0 Å². The fraction of sp³-hybridized carbons (Fsp3) is 0.923. The second-order valence-corrected chi connectivity index (χ2v) is 5.91. The number of carbonyl (C=O) groups excluding carboxylic acids is 1. The Morgan fingerprint density at radius 1 is 1.29 bits per heavy atom. The summed E-state index contributed by atoms with van der Waals surface area (Å²) < 4.78 is 5.43. The number of hydrogen-bond acceptors (Lipinski definition) is 2. The number of hydrogen-bond donors (Lipinski definition) is 1. The van der Waals surface area contributed by atoms with E-state index in [1.54, 1.807) is 0 Å². The van der Waals surface area contributed by atoms with Crippen molar-refractivity contribution in [1.29, 1.82) is 0 Å². The first kappa shape index (κ1) is 13.2. The Balaban J connectivity index is 1.84. The van der Waals surface area contributed by atoms with Gasteiger partial charge in [0.05, 0.1) is 24.0 Å². The van der Waals surface area contributed by atoms with Gasteiger partial charge in [-0.05, 0) is 26.2 Å². The van der Waals surface area contributed by atoms with E-state index in [1.165, 1.54) is 19.3 Å². The smallest absolute Gasteiger partial charge is 0.225 e. The van der Waals surface area contributed by atoms with Crippen LogP contribution in [0, 0.1) is 5.92 Å². The van der Waals surface area contributed by atoms with Crippen LogP contribution >= 0.6 is 11.6 Å². The van der Waals surface area contributed by atoms with E-state index in [0.717, 1.165) is 19.3 Å². The maximum atomic E-state index is 12.1. The molecule has 0 spiro atoms. The number of alkyl halides is 1. The van der Waals surface area contributed by atoms with E-state index in [0.29, 0.717) is 6.61 Å². The predicted octanol–water partition coefficient (Wildman–Crippen LogP) is 2.47.